The van der Waals surface area contributed by atoms with Gasteiger partial charge >= 0.3 is 0 Å². The number of benzene rings is 1. The van der Waals surface area contributed by atoms with Gasteiger partial charge in [-0.15, -0.1) is 11.3 Å². The third kappa shape index (κ3) is 4.34. The summed E-state index contributed by atoms with van der Waals surface area (Å²) in [6, 6.07) is 10.8. The molecule has 0 radical (unpaired) electrons. The summed E-state index contributed by atoms with van der Waals surface area (Å²) in [5.41, 5.74) is 2.59. The summed E-state index contributed by atoms with van der Waals surface area (Å²) >= 11 is 1.83. The molecular formula is C19H25NO2S. The van der Waals surface area contributed by atoms with Gasteiger partial charge in [-0.2, -0.15) is 0 Å². The van der Waals surface area contributed by atoms with Crippen LogP contribution in [0.5, 0.6) is 5.75 Å². The number of aryl methyl sites for hydroxylation is 1. The van der Waals surface area contributed by atoms with Crippen molar-refractivity contribution in [2.24, 2.45) is 0 Å². The zero-order valence-electron chi connectivity index (χ0n) is 14.1. The van der Waals surface area contributed by atoms with E-state index in [4.69, 9.17) is 4.74 Å². The van der Waals surface area contributed by atoms with Crippen LogP contribution in [0.2, 0.25) is 0 Å². The summed E-state index contributed by atoms with van der Waals surface area (Å²) in [4.78, 5) is 5.00. The molecule has 0 fully saturated rings. The molecule has 4 heteroatoms. The summed E-state index contributed by atoms with van der Waals surface area (Å²) in [7, 11) is 0. The highest BCUT2D eigenvalue weighted by Crippen LogP contribution is 2.30. The van der Waals surface area contributed by atoms with Gasteiger partial charge in [0, 0.05) is 35.8 Å². The molecule has 0 amide bonds. The van der Waals surface area contributed by atoms with Crippen LogP contribution in [-0.2, 0) is 19.5 Å². The van der Waals surface area contributed by atoms with Gasteiger partial charge in [0.1, 0.15) is 11.9 Å². The minimum absolute atomic E-state index is 0.280. The predicted molar refractivity (Wildman–Crippen MR) is 95.1 cm³/mol. The molecule has 2 unspecified atom stereocenters. The summed E-state index contributed by atoms with van der Waals surface area (Å²) in [6.45, 7) is 8.51. The molecule has 1 aromatic heterocycles. The lowest BCUT2D eigenvalue weighted by molar-refractivity contribution is 0.119. The molecule has 124 valence electrons. The highest BCUT2D eigenvalue weighted by Gasteiger charge is 2.19. The zero-order valence-corrected chi connectivity index (χ0v) is 14.9. The van der Waals surface area contributed by atoms with Gasteiger partial charge in [-0.25, -0.2) is 0 Å². The Morgan fingerprint density at radius 3 is 2.83 bits per heavy atom. The highest BCUT2D eigenvalue weighted by atomic mass is 32.1. The van der Waals surface area contributed by atoms with E-state index >= 15 is 0 Å². The average Bonchev–Trinajstić information content (AvgIpc) is 3.02. The molecule has 1 aliphatic heterocycles. The van der Waals surface area contributed by atoms with E-state index in [1.54, 1.807) is 0 Å². The molecule has 2 aromatic rings. The van der Waals surface area contributed by atoms with Gasteiger partial charge in [0.2, 0.25) is 0 Å². The van der Waals surface area contributed by atoms with Gasteiger partial charge in [-0.1, -0.05) is 12.1 Å². The first kappa shape index (κ1) is 16.5. The number of nitrogens with zero attached hydrogens (tertiary/aromatic N) is 1. The molecule has 3 nitrogen and oxygen atoms in total. The van der Waals surface area contributed by atoms with Gasteiger partial charge in [0.25, 0.3) is 0 Å². The Labute approximate surface area is 142 Å². The third-order valence-electron chi connectivity index (χ3n) is 4.06. The van der Waals surface area contributed by atoms with E-state index in [9.17, 15) is 5.11 Å². The number of aliphatic hydroxyl groups excluding tert-OH is 1. The monoisotopic (exact) mass is 331 g/mol. The van der Waals surface area contributed by atoms with Crippen LogP contribution in [0.25, 0.3) is 0 Å². The molecule has 1 N–H and O–H groups in total. The molecule has 0 spiro atoms. The van der Waals surface area contributed by atoms with Crippen molar-refractivity contribution in [2.45, 2.75) is 52.5 Å². The van der Waals surface area contributed by atoms with Gasteiger partial charge in [0.15, 0.2) is 0 Å². The van der Waals surface area contributed by atoms with Crippen molar-refractivity contribution < 1.29 is 9.84 Å². The molecule has 0 saturated heterocycles. The second-order valence-corrected chi connectivity index (χ2v) is 7.98. The molecule has 0 aliphatic carbocycles. The molecule has 2 heterocycles. The largest absolute Gasteiger partial charge is 0.490 e. The molecule has 3 rings (SSSR count). The lowest BCUT2D eigenvalue weighted by atomic mass is 10.1. The van der Waals surface area contributed by atoms with Crippen LogP contribution < -0.4 is 4.74 Å². The molecular weight excluding hydrogens is 306 g/mol. The zero-order chi connectivity index (χ0) is 16.4. The lowest BCUT2D eigenvalue weighted by Crippen LogP contribution is -2.30. The van der Waals surface area contributed by atoms with Crippen molar-refractivity contribution in [2.75, 3.05) is 6.54 Å². The molecule has 0 saturated carbocycles. The second kappa shape index (κ2) is 7.04. The van der Waals surface area contributed by atoms with Crippen molar-refractivity contribution in [1.82, 2.24) is 4.90 Å². The van der Waals surface area contributed by atoms with Crippen LogP contribution >= 0.6 is 11.3 Å². The standard InChI is InChI=1S/C19H25NO2S/c1-13(21)10-20(12-18-6-4-15(3)23-18)11-16-5-7-19-17(9-16)8-14(2)22-19/h4-7,9,13-14,21H,8,10-12H2,1-3H3. The van der Waals surface area contributed by atoms with Gasteiger partial charge in [-0.3, -0.25) is 4.90 Å². The van der Waals surface area contributed by atoms with E-state index in [2.05, 4.69) is 49.1 Å². The van der Waals surface area contributed by atoms with Crippen molar-refractivity contribution in [3.8, 4) is 5.75 Å². The summed E-state index contributed by atoms with van der Waals surface area (Å²) in [5.74, 6) is 1.03. The summed E-state index contributed by atoms with van der Waals surface area (Å²) in [6.07, 6.45) is 0.945. The van der Waals surface area contributed by atoms with Crippen LogP contribution in [-0.4, -0.2) is 28.8 Å². The van der Waals surface area contributed by atoms with E-state index in [0.29, 0.717) is 6.54 Å². The lowest BCUT2D eigenvalue weighted by Gasteiger charge is -2.23. The van der Waals surface area contributed by atoms with Gasteiger partial charge in [-0.05, 0) is 50.1 Å². The normalized spacial score (nSPS) is 18.0. The Kier molecular flexibility index (Phi) is 5.05. The van der Waals surface area contributed by atoms with Crippen molar-refractivity contribution in [1.29, 1.82) is 0 Å². The van der Waals surface area contributed by atoms with Gasteiger partial charge < -0.3 is 9.84 Å². The molecule has 2 atom stereocenters. The SMILES string of the molecule is Cc1ccc(CN(Cc2ccc3c(c2)CC(C)O3)CC(C)O)s1. The number of aliphatic hydroxyl groups is 1. The topological polar surface area (TPSA) is 32.7 Å². The number of fused-ring (bicyclic) bond motifs is 1. The highest BCUT2D eigenvalue weighted by molar-refractivity contribution is 7.11. The number of ether oxygens (including phenoxy) is 1. The quantitative estimate of drug-likeness (QED) is 0.875. The maximum absolute atomic E-state index is 9.82. The first-order valence-corrected chi connectivity index (χ1v) is 9.05. The molecule has 23 heavy (non-hydrogen) atoms. The molecule has 1 aromatic carbocycles. The van der Waals surface area contributed by atoms with Gasteiger partial charge in [0.05, 0.1) is 6.10 Å². The Balaban J connectivity index is 1.72. The number of thiophene rings is 1. The second-order valence-electron chi connectivity index (χ2n) is 6.61. The number of hydrogen-bond donors (Lipinski definition) is 1. The molecule has 0 bridgehead atoms. The third-order valence-corrected chi connectivity index (χ3v) is 5.05. The minimum atomic E-state index is -0.325. The Hall–Kier alpha value is -1.36. The Morgan fingerprint density at radius 1 is 1.30 bits per heavy atom. The summed E-state index contributed by atoms with van der Waals surface area (Å²) in [5, 5.41) is 9.82. The van der Waals surface area contributed by atoms with Crippen LogP contribution in [0.15, 0.2) is 30.3 Å². The predicted octanol–water partition coefficient (Wildman–Crippen LogP) is 3.76. The summed E-state index contributed by atoms with van der Waals surface area (Å²) < 4.78 is 5.78. The Morgan fingerprint density at radius 2 is 2.13 bits per heavy atom. The molecule has 1 aliphatic rings. The first-order chi connectivity index (χ1) is 11.0. The van der Waals surface area contributed by atoms with Crippen LogP contribution in [0, 0.1) is 6.92 Å². The van der Waals surface area contributed by atoms with Crippen molar-refractivity contribution in [3.63, 3.8) is 0 Å². The fourth-order valence-electron chi connectivity index (χ4n) is 3.18. The minimum Gasteiger partial charge on any atom is -0.490 e. The smallest absolute Gasteiger partial charge is 0.123 e. The van der Waals surface area contributed by atoms with E-state index < -0.39 is 0 Å². The van der Waals surface area contributed by atoms with Crippen LogP contribution in [0.4, 0.5) is 0 Å². The fourth-order valence-corrected chi connectivity index (χ4v) is 4.11. The van der Waals surface area contributed by atoms with Crippen molar-refractivity contribution in [3.05, 3.63) is 51.2 Å². The van der Waals surface area contributed by atoms with E-state index in [1.165, 1.54) is 20.9 Å². The maximum Gasteiger partial charge on any atom is 0.123 e. The van der Waals surface area contributed by atoms with E-state index in [0.717, 1.165) is 25.3 Å². The first-order valence-electron chi connectivity index (χ1n) is 8.24. The fraction of sp³-hybridized carbons (Fsp3) is 0.474. The average molecular weight is 331 g/mol. The van der Waals surface area contributed by atoms with E-state index in [-0.39, 0.29) is 12.2 Å². The Bertz CT molecular complexity index is 665. The number of rotatable bonds is 6. The number of hydrogen-bond acceptors (Lipinski definition) is 4. The van der Waals surface area contributed by atoms with Crippen molar-refractivity contribution >= 4 is 11.3 Å². The van der Waals surface area contributed by atoms with Crippen LogP contribution in [0.3, 0.4) is 0 Å². The van der Waals surface area contributed by atoms with E-state index in [1.807, 2.05) is 18.3 Å². The van der Waals surface area contributed by atoms with Crippen LogP contribution in [0.1, 0.15) is 34.7 Å². The maximum atomic E-state index is 9.82.